The first-order chi connectivity index (χ1) is 4.93. The summed E-state index contributed by atoms with van der Waals surface area (Å²) >= 11 is 9.32. The van der Waals surface area contributed by atoms with E-state index in [2.05, 4.69) is 15.9 Å². The van der Waals surface area contributed by atoms with Crippen LogP contribution in [0.25, 0.3) is 0 Å². The van der Waals surface area contributed by atoms with E-state index in [0.717, 1.165) is 5.03 Å². The largest absolute Gasteiger partial charge is 0.411 e. The number of rotatable bonds is 1. The Hall–Kier alpha value is 0.270. The molecule has 0 spiro atoms. The van der Waals surface area contributed by atoms with Crippen LogP contribution in [0, 0.1) is 0 Å². The van der Waals surface area contributed by atoms with Crippen molar-refractivity contribution in [3.05, 3.63) is 11.3 Å². The lowest BCUT2D eigenvalue weighted by atomic mass is 10.3. The van der Waals surface area contributed by atoms with Crippen molar-refractivity contribution in [1.29, 1.82) is 0 Å². The highest BCUT2D eigenvalue weighted by atomic mass is 79.9. The van der Waals surface area contributed by atoms with Crippen molar-refractivity contribution in [2.24, 2.45) is 0 Å². The monoisotopic (exact) mass is 239 g/mol. The Balaban J connectivity index is 2.68. The third kappa shape index (κ3) is 1.89. The highest BCUT2D eigenvalue weighted by molar-refractivity contribution is 9.10. The van der Waals surface area contributed by atoms with Gasteiger partial charge in [0.05, 0.1) is 11.1 Å². The molecule has 0 saturated carbocycles. The molecule has 1 heterocycles. The first-order valence-electron chi connectivity index (χ1n) is 3.43. The fourth-order valence-corrected chi connectivity index (χ4v) is 1.51. The molecule has 64 valence electrons. The molecular weight excluding hydrogens is 229 g/mol. The molecule has 1 atom stereocenters. The lowest BCUT2D eigenvalue weighted by molar-refractivity contribution is -0.134. The van der Waals surface area contributed by atoms with E-state index in [4.69, 9.17) is 16.4 Å². The summed E-state index contributed by atoms with van der Waals surface area (Å²) in [6.07, 6.45) is 1.56. The van der Waals surface area contributed by atoms with Gasteiger partial charge >= 0.3 is 0 Å². The summed E-state index contributed by atoms with van der Waals surface area (Å²) in [6.45, 7) is 6.01. The van der Waals surface area contributed by atoms with Crippen LogP contribution in [-0.4, -0.2) is 15.6 Å². The van der Waals surface area contributed by atoms with Crippen LogP contribution in [0.3, 0.4) is 0 Å². The molecule has 2 nitrogen and oxygen atoms in total. The Kier molecular flexibility index (Phi) is 2.52. The van der Waals surface area contributed by atoms with Gasteiger partial charge < -0.3 is 4.84 Å². The minimum Gasteiger partial charge on any atom is -0.411 e. The van der Waals surface area contributed by atoms with Crippen molar-refractivity contribution in [3.63, 3.8) is 0 Å². The molecule has 0 amide bonds. The minimum atomic E-state index is -0.181. The molecule has 11 heavy (non-hydrogen) atoms. The second-order valence-electron chi connectivity index (χ2n) is 3.02. The molecule has 0 saturated heterocycles. The zero-order chi connectivity index (χ0) is 8.65. The van der Waals surface area contributed by atoms with Gasteiger partial charge in [0.25, 0.3) is 0 Å². The molecule has 1 rings (SSSR count). The van der Waals surface area contributed by atoms with Crippen LogP contribution in [0.1, 0.15) is 20.8 Å². The zero-order valence-electron chi connectivity index (χ0n) is 6.77. The van der Waals surface area contributed by atoms with Crippen LogP contribution >= 0.6 is 27.5 Å². The van der Waals surface area contributed by atoms with Gasteiger partial charge in [0.15, 0.2) is 0 Å². The fraction of sp³-hybridized carbons (Fsp3) is 0.714. The number of hydroxylamine groups is 2. The standard InChI is InChI=1S/C7H11BrClNO/c1-5-6(9)4-11-10(5)7(2,3)8/h4-5H,1-3H3. The van der Waals surface area contributed by atoms with E-state index in [0.29, 0.717) is 0 Å². The maximum absolute atomic E-state index is 5.84. The maximum Gasteiger partial charge on any atom is 0.127 e. The quantitative estimate of drug-likeness (QED) is 0.516. The third-order valence-corrected chi connectivity index (χ3v) is 2.31. The Labute approximate surface area is 80.2 Å². The van der Waals surface area contributed by atoms with Crippen LogP contribution in [0.15, 0.2) is 11.3 Å². The molecule has 1 aliphatic heterocycles. The van der Waals surface area contributed by atoms with Gasteiger partial charge in [0.1, 0.15) is 10.7 Å². The van der Waals surface area contributed by atoms with Crippen molar-refractivity contribution >= 4 is 27.5 Å². The average Bonchev–Trinajstić information content (AvgIpc) is 2.11. The second-order valence-corrected chi connectivity index (χ2v) is 5.40. The lowest BCUT2D eigenvalue weighted by Crippen LogP contribution is -2.40. The number of hydrogen-bond donors (Lipinski definition) is 0. The molecule has 0 aromatic heterocycles. The van der Waals surface area contributed by atoms with E-state index in [-0.39, 0.29) is 10.5 Å². The number of hydrogen-bond acceptors (Lipinski definition) is 2. The maximum atomic E-state index is 5.84. The van der Waals surface area contributed by atoms with Crippen LogP contribution < -0.4 is 0 Å². The molecule has 0 radical (unpaired) electrons. The van der Waals surface area contributed by atoms with E-state index < -0.39 is 0 Å². The third-order valence-electron chi connectivity index (χ3n) is 1.55. The van der Waals surface area contributed by atoms with Crippen LogP contribution in [0.4, 0.5) is 0 Å². The summed E-state index contributed by atoms with van der Waals surface area (Å²) in [7, 11) is 0. The van der Waals surface area contributed by atoms with Crippen molar-refractivity contribution in [1.82, 2.24) is 5.06 Å². The Morgan fingerprint density at radius 1 is 1.73 bits per heavy atom. The van der Waals surface area contributed by atoms with Crippen LogP contribution in [0.2, 0.25) is 0 Å². The van der Waals surface area contributed by atoms with Gasteiger partial charge in [-0.3, -0.25) is 0 Å². The number of alkyl halides is 1. The topological polar surface area (TPSA) is 12.5 Å². The highest BCUT2D eigenvalue weighted by Gasteiger charge is 2.34. The molecule has 0 bridgehead atoms. The Morgan fingerprint density at radius 2 is 2.27 bits per heavy atom. The SMILES string of the molecule is CC1C(Cl)=CON1C(C)(C)Br. The molecule has 1 unspecified atom stereocenters. The highest BCUT2D eigenvalue weighted by Crippen LogP contribution is 2.32. The smallest absolute Gasteiger partial charge is 0.127 e. The lowest BCUT2D eigenvalue weighted by Gasteiger charge is -2.31. The molecule has 0 aliphatic carbocycles. The predicted molar refractivity (Wildman–Crippen MR) is 49.3 cm³/mol. The molecular formula is C7H11BrClNO. The van der Waals surface area contributed by atoms with Crippen LogP contribution in [0.5, 0.6) is 0 Å². The summed E-state index contributed by atoms with van der Waals surface area (Å²) in [4.78, 5) is 5.23. The van der Waals surface area contributed by atoms with E-state index in [1.807, 2.05) is 20.8 Å². The summed E-state index contributed by atoms with van der Waals surface area (Å²) in [5.41, 5.74) is 0. The van der Waals surface area contributed by atoms with Gasteiger partial charge in [-0.2, -0.15) is 0 Å². The summed E-state index contributed by atoms with van der Waals surface area (Å²) in [5.74, 6) is 0. The van der Waals surface area contributed by atoms with E-state index in [9.17, 15) is 0 Å². The van der Waals surface area contributed by atoms with Crippen molar-refractivity contribution in [2.45, 2.75) is 31.3 Å². The molecule has 4 heteroatoms. The average molecular weight is 241 g/mol. The van der Waals surface area contributed by atoms with E-state index in [1.165, 1.54) is 0 Å². The van der Waals surface area contributed by atoms with E-state index >= 15 is 0 Å². The van der Waals surface area contributed by atoms with E-state index in [1.54, 1.807) is 11.3 Å². The summed E-state index contributed by atoms with van der Waals surface area (Å²) in [6, 6.07) is 0.131. The fourth-order valence-electron chi connectivity index (χ4n) is 0.995. The molecule has 0 fully saturated rings. The second kappa shape index (κ2) is 2.96. The molecule has 0 aromatic carbocycles. The number of nitrogens with zero attached hydrogens (tertiary/aromatic N) is 1. The van der Waals surface area contributed by atoms with Crippen molar-refractivity contribution < 1.29 is 4.84 Å². The first kappa shape index (κ1) is 9.36. The van der Waals surface area contributed by atoms with Gasteiger partial charge in [-0.25, -0.2) is 0 Å². The number of halogens is 2. The molecule has 1 aliphatic rings. The van der Waals surface area contributed by atoms with Crippen molar-refractivity contribution in [3.8, 4) is 0 Å². The van der Waals surface area contributed by atoms with Gasteiger partial charge in [0.2, 0.25) is 0 Å². The summed E-state index contributed by atoms with van der Waals surface area (Å²) in [5, 5.41) is 2.53. The van der Waals surface area contributed by atoms with Gasteiger partial charge in [-0.1, -0.05) is 27.5 Å². The van der Waals surface area contributed by atoms with Gasteiger partial charge in [-0.05, 0) is 20.8 Å². The Bertz CT molecular complexity index is 187. The van der Waals surface area contributed by atoms with Gasteiger partial charge in [-0.15, -0.1) is 5.06 Å². The van der Waals surface area contributed by atoms with Crippen molar-refractivity contribution in [2.75, 3.05) is 0 Å². The molecule has 0 N–H and O–H groups in total. The predicted octanol–water partition coefficient (Wildman–Crippen LogP) is 2.83. The minimum absolute atomic E-state index is 0.131. The normalized spacial score (nSPS) is 26.6. The summed E-state index contributed by atoms with van der Waals surface area (Å²) < 4.78 is -0.181. The molecule has 0 aromatic rings. The van der Waals surface area contributed by atoms with Gasteiger partial charge in [0, 0.05) is 0 Å². The zero-order valence-corrected chi connectivity index (χ0v) is 9.11. The Morgan fingerprint density at radius 3 is 2.45 bits per heavy atom. The van der Waals surface area contributed by atoms with Crippen LogP contribution in [-0.2, 0) is 4.84 Å². The first-order valence-corrected chi connectivity index (χ1v) is 4.60.